The number of carbonyl (C=O) groups is 2. The summed E-state index contributed by atoms with van der Waals surface area (Å²) in [6, 6.07) is 13.0. The Balaban J connectivity index is 1.81. The van der Waals surface area contributed by atoms with Gasteiger partial charge in [0.15, 0.2) is 0 Å². The first kappa shape index (κ1) is 18.9. The smallest absolute Gasteiger partial charge is 0.257 e. The van der Waals surface area contributed by atoms with Crippen LogP contribution in [0.2, 0.25) is 0 Å². The molecule has 0 fully saturated rings. The van der Waals surface area contributed by atoms with Crippen LogP contribution in [-0.2, 0) is 6.54 Å². The summed E-state index contributed by atoms with van der Waals surface area (Å²) in [5.41, 5.74) is 3.77. The highest BCUT2D eigenvalue weighted by Crippen LogP contribution is 2.21. The van der Waals surface area contributed by atoms with E-state index in [9.17, 15) is 9.59 Å². The molecule has 140 valence electrons. The van der Waals surface area contributed by atoms with Crippen LogP contribution in [0.5, 0.6) is 0 Å². The van der Waals surface area contributed by atoms with E-state index in [1.807, 2.05) is 26.0 Å². The second kappa shape index (κ2) is 7.80. The van der Waals surface area contributed by atoms with E-state index in [2.05, 4.69) is 21.3 Å². The number of nitrogens with zero attached hydrogens (tertiary/aromatic N) is 2. The molecule has 0 radical (unpaired) electrons. The number of amides is 2. The highest BCUT2D eigenvalue weighted by atomic mass is 32.1. The standard InChI is InChI=1S/C21H23N3O2S/c1-14-11-19(15(2)24(14)13-18-9-6-10-27-18)20(25)22-17-8-5-7-16(12-17)21(26)23(3)4/h5-12H,13H2,1-4H3,(H,22,25). The van der Waals surface area contributed by atoms with Crippen molar-refractivity contribution in [2.24, 2.45) is 0 Å². The van der Waals surface area contributed by atoms with Gasteiger partial charge < -0.3 is 14.8 Å². The van der Waals surface area contributed by atoms with Crippen LogP contribution < -0.4 is 5.32 Å². The summed E-state index contributed by atoms with van der Waals surface area (Å²) >= 11 is 1.70. The average Bonchev–Trinajstić information content (AvgIpc) is 3.25. The van der Waals surface area contributed by atoms with E-state index in [1.54, 1.807) is 49.7 Å². The minimum atomic E-state index is -0.171. The Morgan fingerprint density at radius 3 is 2.56 bits per heavy atom. The summed E-state index contributed by atoms with van der Waals surface area (Å²) in [5, 5.41) is 4.97. The molecule has 0 aliphatic rings. The lowest BCUT2D eigenvalue weighted by Gasteiger charge is -2.12. The van der Waals surface area contributed by atoms with Crippen LogP contribution in [-0.4, -0.2) is 35.4 Å². The predicted octanol–water partition coefficient (Wildman–Crippen LogP) is 4.17. The molecule has 0 aliphatic carbocycles. The van der Waals surface area contributed by atoms with Gasteiger partial charge in [-0.25, -0.2) is 0 Å². The molecule has 5 nitrogen and oxygen atoms in total. The molecule has 1 N–H and O–H groups in total. The van der Waals surface area contributed by atoms with Crippen molar-refractivity contribution in [1.82, 2.24) is 9.47 Å². The van der Waals surface area contributed by atoms with Gasteiger partial charge >= 0.3 is 0 Å². The molecule has 27 heavy (non-hydrogen) atoms. The lowest BCUT2D eigenvalue weighted by molar-refractivity contribution is 0.0827. The number of anilines is 1. The number of thiophene rings is 1. The predicted molar refractivity (Wildman–Crippen MR) is 110 cm³/mol. The molecular formula is C21H23N3O2S. The van der Waals surface area contributed by atoms with Crippen LogP contribution in [0.15, 0.2) is 47.8 Å². The molecule has 3 aromatic rings. The number of aromatic nitrogens is 1. The van der Waals surface area contributed by atoms with Crippen molar-refractivity contribution >= 4 is 28.8 Å². The third kappa shape index (κ3) is 4.11. The summed E-state index contributed by atoms with van der Waals surface area (Å²) in [6.07, 6.45) is 0. The van der Waals surface area contributed by atoms with Crippen molar-refractivity contribution in [3.63, 3.8) is 0 Å². The molecule has 0 bridgehead atoms. The summed E-state index contributed by atoms with van der Waals surface area (Å²) in [6.45, 7) is 4.73. The minimum Gasteiger partial charge on any atom is -0.345 e. The maximum absolute atomic E-state index is 12.8. The van der Waals surface area contributed by atoms with Gasteiger partial charge in [-0.15, -0.1) is 11.3 Å². The van der Waals surface area contributed by atoms with E-state index in [-0.39, 0.29) is 11.8 Å². The zero-order chi connectivity index (χ0) is 19.6. The van der Waals surface area contributed by atoms with Crippen LogP contribution in [0.1, 0.15) is 37.0 Å². The molecule has 0 atom stereocenters. The number of aryl methyl sites for hydroxylation is 1. The van der Waals surface area contributed by atoms with Gasteiger partial charge in [-0.2, -0.15) is 0 Å². The van der Waals surface area contributed by atoms with Crippen LogP contribution in [0, 0.1) is 13.8 Å². The molecule has 6 heteroatoms. The van der Waals surface area contributed by atoms with Gasteiger partial charge in [0, 0.05) is 41.6 Å². The molecule has 0 spiro atoms. The van der Waals surface area contributed by atoms with Crippen LogP contribution in [0.4, 0.5) is 5.69 Å². The lowest BCUT2D eigenvalue weighted by Crippen LogP contribution is -2.22. The van der Waals surface area contributed by atoms with Crippen LogP contribution >= 0.6 is 11.3 Å². The normalized spacial score (nSPS) is 10.7. The van der Waals surface area contributed by atoms with E-state index in [0.29, 0.717) is 16.8 Å². The zero-order valence-corrected chi connectivity index (χ0v) is 16.8. The van der Waals surface area contributed by atoms with Gasteiger partial charge in [-0.1, -0.05) is 12.1 Å². The third-order valence-electron chi connectivity index (χ3n) is 4.49. The first-order valence-electron chi connectivity index (χ1n) is 8.69. The van der Waals surface area contributed by atoms with Gasteiger partial charge in [0.1, 0.15) is 0 Å². The fraction of sp³-hybridized carbons (Fsp3) is 0.238. The van der Waals surface area contributed by atoms with Crippen molar-refractivity contribution in [3.05, 3.63) is 75.2 Å². The van der Waals surface area contributed by atoms with Gasteiger partial charge in [-0.05, 0) is 49.6 Å². The molecule has 1 aromatic carbocycles. The summed E-state index contributed by atoms with van der Waals surface area (Å²) in [7, 11) is 3.41. The van der Waals surface area contributed by atoms with E-state index in [1.165, 1.54) is 9.78 Å². The van der Waals surface area contributed by atoms with E-state index in [0.717, 1.165) is 17.9 Å². The first-order chi connectivity index (χ1) is 12.9. The number of nitrogens with one attached hydrogen (secondary N) is 1. The molecule has 3 rings (SSSR count). The monoisotopic (exact) mass is 381 g/mol. The Labute approximate surface area is 163 Å². The SMILES string of the molecule is Cc1cc(C(=O)Nc2cccc(C(=O)N(C)C)c2)c(C)n1Cc1cccs1. The van der Waals surface area contributed by atoms with Crippen LogP contribution in [0.25, 0.3) is 0 Å². The van der Waals surface area contributed by atoms with Gasteiger partial charge in [0.25, 0.3) is 11.8 Å². The van der Waals surface area contributed by atoms with Crippen molar-refractivity contribution in [2.75, 3.05) is 19.4 Å². The topological polar surface area (TPSA) is 54.3 Å². The molecule has 0 saturated heterocycles. The van der Waals surface area contributed by atoms with Crippen LogP contribution in [0.3, 0.4) is 0 Å². The lowest BCUT2D eigenvalue weighted by atomic mass is 10.1. The van der Waals surface area contributed by atoms with Crippen molar-refractivity contribution in [2.45, 2.75) is 20.4 Å². The molecule has 2 amide bonds. The van der Waals surface area contributed by atoms with E-state index >= 15 is 0 Å². The number of carbonyl (C=O) groups excluding carboxylic acids is 2. The van der Waals surface area contributed by atoms with Gasteiger partial charge in [0.05, 0.1) is 12.1 Å². The largest absolute Gasteiger partial charge is 0.345 e. The van der Waals surface area contributed by atoms with Crippen molar-refractivity contribution < 1.29 is 9.59 Å². The second-order valence-electron chi connectivity index (χ2n) is 6.68. The van der Waals surface area contributed by atoms with Gasteiger partial charge in [-0.3, -0.25) is 9.59 Å². The van der Waals surface area contributed by atoms with Gasteiger partial charge in [0.2, 0.25) is 0 Å². The number of benzene rings is 1. The highest BCUT2D eigenvalue weighted by molar-refractivity contribution is 7.09. The molecule has 2 heterocycles. The highest BCUT2D eigenvalue weighted by Gasteiger charge is 2.17. The van der Waals surface area contributed by atoms with E-state index in [4.69, 9.17) is 0 Å². The maximum Gasteiger partial charge on any atom is 0.257 e. The molecule has 0 saturated carbocycles. The molecule has 0 unspecified atom stereocenters. The van der Waals surface area contributed by atoms with E-state index < -0.39 is 0 Å². The first-order valence-corrected chi connectivity index (χ1v) is 9.57. The number of hydrogen-bond donors (Lipinski definition) is 1. The maximum atomic E-state index is 12.8. The molecule has 2 aromatic heterocycles. The average molecular weight is 382 g/mol. The molecule has 0 aliphatic heterocycles. The zero-order valence-electron chi connectivity index (χ0n) is 15.9. The molecular weight excluding hydrogens is 358 g/mol. The second-order valence-corrected chi connectivity index (χ2v) is 7.72. The minimum absolute atomic E-state index is 0.0970. The Morgan fingerprint density at radius 2 is 1.89 bits per heavy atom. The Bertz CT molecular complexity index is 971. The third-order valence-corrected chi connectivity index (χ3v) is 5.35. The Morgan fingerprint density at radius 1 is 1.11 bits per heavy atom. The van der Waals surface area contributed by atoms with Crippen molar-refractivity contribution in [1.29, 1.82) is 0 Å². The fourth-order valence-electron chi connectivity index (χ4n) is 3.02. The summed E-state index contributed by atoms with van der Waals surface area (Å²) < 4.78 is 2.15. The summed E-state index contributed by atoms with van der Waals surface area (Å²) in [4.78, 5) is 27.7. The Hall–Kier alpha value is -2.86. The number of rotatable bonds is 5. The summed E-state index contributed by atoms with van der Waals surface area (Å²) in [5.74, 6) is -0.268. The van der Waals surface area contributed by atoms with Crippen molar-refractivity contribution in [3.8, 4) is 0 Å². The fourth-order valence-corrected chi connectivity index (χ4v) is 3.71. The quantitative estimate of drug-likeness (QED) is 0.721. The number of hydrogen-bond acceptors (Lipinski definition) is 3. The Kier molecular flexibility index (Phi) is 5.46.